The van der Waals surface area contributed by atoms with Crippen LogP contribution in [0.4, 0.5) is 0 Å². The summed E-state index contributed by atoms with van der Waals surface area (Å²) in [5, 5.41) is 3.49. The standard InChI is InChI=1S/C18H30BrNO/c1-4-5-6-7-8-11-21-18-10-9-17(19)12-16(18)14-20-13-15(2)3/h9-10,12,15,20H,4-8,11,13-14H2,1-3H3. The third-order valence-electron chi connectivity index (χ3n) is 3.40. The zero-order chi connectivity index (χ0) is 15.5. The molecule has 0 unspecified atom stereocenters. The van der Waals surface area contributed by atoms with Crippen LogP contribution in [0.15, 0.2) is 22.7 Å². The Hall–Kier alpha value is -0.540. The Morgan fingerprint density at radius 1 is 1.14 bits per heavy atom. The molecule has 2 nitrogen and oxygen atoms in total. The number of halogens is 1. The fourth-order valence-corrected chi connectivity index (χ4v) is 2.62. The van der Waals surface area contributed by atoms with Crippen LogP contribution in [-0.2, 0) is 6.54 Å². The average Bonchev–Trinajstić information content (AvgIpc) is 2.44. The molecule has 0 aliphatic rings. The van der Waals surface area contributed by atoms with Crippen LogP contribution >= 0.6 is 15.9 Å². The van der Waals surface area contributed by atoms with E-state index in [1.807, 2.05) is 0 Å². The molecule has 120 valence electrons. The Labute approximate surface area is 138 Å². The van der Waals surface area contributed by atoms with E-state index in [2.05, 4.69) is 60.2 Å². The Balaban J connectivity index is 2.40. The van der Waals surface area contributed by atoms with E-state index >= 15 is 0 Å². The monoisotopic (exact) mass is 355 g/mol. The van der Waals surface area contributed by atoms with Crippen molar-refractivity contribution in [3.05, 3.63) is 28.2 Å². The van der Waals surface area contributed by atoms with E-state index in [9.17, 15) is 0 Å². The number of hydrogen-bond acceptors (Lipinski definition) is 2. The van der Waals surface area contributed by atoms with E-state index in [0.717, 1.165) is 36.3 Å². The van der Waals surface area contributed by atoms with Crippen molar-refractivity contribution in [2.45, 2.75) is 59.4 Å². The molecule has 0 fully saturated rings. The van der Waals surface area contributed by atoms with E-state index in [1.165, 1.54) is 31.2 Å². The summed E-state index contributed by atoms with van der Waals surface area (Å²) in [4.78, 5) is 0. The second kappa shape index (κ2) is 11.1. The van der Waals surface area contributed by atoms with Gasteiger partial charge in [0.15, 0.2) is 0 Å². The first-order valence-electron chi connectivity index (χ1n) is 8.25. The smallest absolute Gasteiger partial charge is 0.123 e. The highest BCUT2D eigenvalue weighted by atomic mass is 79.9. The van der Waals surface area contributed by atoms with Crippen LogP contribution in [0.3, 0.4) is 0 Å². The van der Waals surface area contributed by atoms with Gasteiger partial charge < -0.3 is 10.1 Å². The first kappa shape index (κ1) is 18.5. The third kappa shape index (κ3) is 8.47. The third-order valence-corrected chi connectivity index (χ3v) is 3.89. The highest BCUT2D eigenvalue weighted by Gasteiger charge is 2.05. The topological polar surface area (TPSA) is 21.3 Å². The molecule has 1 rings (SSSR count). The van der Waals surface area contributed by atoms with Crippen molar-refractivity contribution in [2.75, 3.05) is 13.2 Å². The minimum atomic E-state index is 0.667. The molecule has 3 heteroatoms. The van der Waals surface area contributed by atoms with Gasteiger partial charge in [-0.05, 0) is 37.1 Å². The predicted octanol–water partition coefficient (Wildman–Crippen LogP) is 5.54. The van der Waals surface area contributed by atoms with Gasteiger partial charge in [0.05, 0.1) is 6.61 Å². The molecule has 1 N–H and O–H groups in total. The fourth-order valence-electron chi connectivity index (χ4n) is 2.21. The van der Waals surface area contributed by atoms with Crippen LogP contribution in [0.2, 0.25) is 0 Å². The van der Waals surface area contributed by atoms with Crippen LogP contribution in [0.1, 0.15) is 58.4 Å². The van der Waals surface area contributed by atoms with Gasteiger partial charge in [-0.3, -0.25) is 0 Å². The molecule has 1 aromatic rings. The maximum atomic E-state index is 5.97. The van der Waals surface area contributed by atoms with Crippen molar-refractivity contribution in [2.24, 2.45) is 5.92 Å². The molecular weight excluding hydrogens is 326 g/mol. The second-order valence-corrected chi connectivity index (χ2v) is 6.96. The summed E-state index contributed by atoms with van der Waals surface area (Å²) in [6.45, 7) is 9.41. The molecule has 21 heavy (non-hydrogen) atoms. The molecular formula is C18H30BrNO. The lowest BCUT2D eigenvalue weighted by Gasteiger charge is -2.14. The molecule has 0 bridgehead atoms. The number of nitrogens with one attached hydrogen (secondary N) is 1. The predicted molar refractivity (Wildman–Crippen MR) is 94.9 cm³/mol. The van der Waals surface area contributed by atoms with Crippen molar-refractivity contribution in [3.8, 4) is 5.75 Å². The van der Waals surface area contributed by atoms with Crippen molar-refractivity contribution < 1.29 is 4.74 Å². The van der Waals surface area contributed by atoms with Crippen LogP contribution in [0, 0.1) is 5.92 Å². The molecule has 0 amide bonds. The molecule has 0 saturated heterocycles. The molecule has 0 aliphatic heterocycles. The number of rotatable bonds is 11. The van der Waals surface area contributed by atoms with Gasteiger partial charge in [0.2, 0.25) is 0 Å². The lowest BCUT2D eigenvalue weighted by molar-refractivity contribution is 0.300. The zero-order valence-corrected chi connectivity index (χ0v) is 15.3. The first-order chi connectivity index (χ1) is 10.1. The van der Waals surface area contributed by atoms with Gasteiger partial charge >= 0.3 is 0 Å². The van der Waals surface area contributed by atoms with Crippen molar-refractivity contribution >= 4 is 15.9 Å². The van der Waals surface area contributed by atoms with Crippen molar-refractivity contribution in [1.82, 2.24) is 5.32 Å². The molecule has 0 heterocycles. The number of unbranched alkanes of at least 4 members (excludes halogenated alkanes) is 4. The van der Waals surface area contributed by atoms with E-state index in [4.69, 9.17) is 4.74 Å². The van der Waals surface area contributed by atoms with Crippen molar-refractivity contribution in [1.29, 1.82) is 0 Å². The minimum absolute atomic E-state index is 0.667. The molecule has 0 atom stereocenters. The largest absolute Gasteiger partial charge is 0.493 e. The average molecular weight is 356 g/mol. The molecule has 1 aromatic carbocycles. The van der Waals surface area contributed by atoms with Gasteiger partial charge in [0.25, 0.3) is 0 Å². The molecule has 0 radical (unpaired) electrons. The Kier molecular flexibility index (Phi) is 9.77. The van der Waals surface area contributed by atoms with E-state index in [0.29, 0.717) is 5.92 Å². The number of hydrogen-bond donors (Lipinski definition) is 1. The van der Waals surface area contributed by atoms with Gasteiger partial charge in [0, 0.05) is 16.6 Å². The summed E-state index contributed by atoms with van der Waals surface area (Å²) in [5.41, 5.74) is 1.23. The highest BCUT2D eigenvalue weighted by Crippen LogP contribution is 2.23. The maximum absolute atomic E-state index is 5.97. The minimum Gasteiger partial charge on any atom is -0.493 e. The number of ether oxygens (including phenoxy) is 1. The molecule has 0 saturated carbocycles. The quantitative estimate of drug-likeness (QED) is 0.525. The second-order valence-electron chi connectivity index (χ2n) is 6.04. The lowest BCUT2D eigenvalue weighted by atomic mass is 10.1. The van der Waals surface area contributed by atoms with Crippen molar-refractivity contribution in [3.63, 3.8) is 0 Å². The summed E-state index contributed by atoms with van der Waals surface area (Å²) in [6, 6.07) is 6.28. The van der Waals surface area contributed by atoms with E-state index < -0.39 is 0 Å². The highest BCUT2D eigenvalue weighted by molar-refractivity contribution is 9.10. The van der Waals surface area contributed by atoms with Gasteiger partial charge in [-0.25, -0.2) is 0 Å². The Morgan fingerprint density at radius 2 is 1.90 bits per heavy atom. The van der Waals surface area contributed by atoms with E-state index in [-0.39, 0.29) is 0 Å². The summed E-state index contributed by atoms with van der Waals surface area (Å²) in [7, 11) is 0. The van der Waals surface area contributed by atoms with Gasteiger partial charge in [0.1, 0.15) is 5.75 Å². The van der Waals surface area contributed by atoms with Crippen LogP contribution < -0.4 is 10.1 Å². The zero-order valence-electron chi connectivity index (χ0n) is 13.8. The molecule has 0 aromatic heterocycles. The summed E-state index contributed by atoms with van der Waals surface area (Å²) in [6.07, 6.45) is 6.37. The van der Waals surface area contributed by atoms with Gasteiger partial charge in [-0.15, -0.1) is 0 Å². The van der Waals surface area contributed by atoms with Crippen LogP contribution in [0.25, 0.3) is 0 Å². The Morgan fingerprint density at radius 3 is 2.62 bits per heavy atom. The normalized spacial score (nSPS) is 11.1. The maximum Gasteiger partial charge on any atom is 0.123 e. The van der Waals surface area contributed by atoms with Gasteiger partial charge in [-0.1, -0.05) is 62.4 Å². The van der Waals surface area contributed by atoms with Gasteiger partial charge in [-0.2, -0.15) is 0 Å². The molecule has 0 aliphatic carbocycles. The summed E-state index contributed by atoms with van der Waals surface area (Å²) < 4.78 is 7.08. The van der Waals surface area contributed by atoms with Crippen LogP contribution in [0.5, 0.6) is 5.75 Å². The number of benzene rings is 1. The molecule has 0 spiro atoms. The summed E-state index contributed by atoms with van der Waals surface area (Å²) >= 11 is 3.54. The lowest BCUT2D eigenvalue weighted by Crippen LogP contribution is -2.19. The first-order valence-corrected chi connectivity index (χ1v) is 9.04. The van der Waals surface area contributed by atoms with E-state index in [1.54, 1.807) is 0 Å². The SMILES string of the molecule is CCCCCCCOc1ccc(Br)cc1CNCC(C)C. The summed E-state index contributed by atoms with van der Waals surface area (Å²) in [5.74, 6) is 1.69. The van der Waals surface area contributed by atoms with Crippen LogP contribution in [-0.4, -0.2) is 13.2 Å². The fraction of sp³-hybridized carbons (Fsp3) is 0.667. The Bertz CT molecular complexity index is 393.